The predicted molar refractivity (Wildman–Crippen MR) is 99.8 cm³/mol. The summed E-state index contributed by atoms with van der Waals surface area (Å²) in [5, 5.41) is 7.71. The van der Waals surface area contributed by atoms with Gasteiger partial charge in [0.05, 0.1) is 11.8 Å². The standard InChI is InChI=1S/C17H18ClN7O/c1-24-9-14(20-10-24)22-15-12-8-11(18)2-3-13(12)21-16(23-15)17(26)25-6-4-19-5-7-25/h2-3,8-10,19H,4-7H2,1H3,(H,21,22,23). The number of aromatic nitrogens is 4. The summed E-state index contributed by atoms with van der Waals surface area (Å²) >= 11 is 6.14. The van der Waals surface area contributed by atoms with Crippen LogP contribution in [0.5, 0.6) is 0 Å². The molecular weight excluding hydrogens is 354 g/mol. The summed E-state index contributed by atoms with van der Waals surface area (Å²) in [4.78, 5) is 27.8. The first-order chi connectivity index (χ1) is 12.6. The van der Waals surface area contributed by atoms with E-state index in [1.807, 2.05) is 17.8 Å². The first-order valence-corrected chi connectivity index (χ1v) is 8.70. The van der Waals surface area contributed by atoms with E-state index in [9.17, 15) is 4.79 Å². The van der Waals surface area contributed by atoms with E-state index in [-0.39, 0.29) is 11.7 Å². The zero-order valence-corrected chi connectivity index (χ0v) is 15.0. The predicted octanol–water partition coefficient (Wildman–Crippen LogP) is 1.81. The second kappa shape index (κ2) is 6.89. The minimum absolute atomic E-state index is 0.167. The van der Waals surface area contributed by atoms with Crippen LogP contribution in [0.15, 0.2) is 30.7 Å². The molecule has 3 aromatic rings. The SMILES string of the molecule is Cn1cnc(Nc2nc(C(=O)N3CCNCC3)nc3ccc(Cl)cc23)c1. The number of rotatable bonds is 3. The summed E-state index contributed by atoms with van der Waals surface area (Å²) in [5.74, 6) is 1.13. The Balaban J connectivity index is 1.76. The number of amides is 1. The highest BCUT2D eigenvalue weighted by Gasteiger charge is 2.22. The number of imidazole rings is 1. The Morgan fingerprint density at radius 1 is 1.27 bits per heavy atom. The smallest absolute Gasteiger partial charge is 0.291 e. The van der Waals surface area contributed by atoms with Crippen molar-refractivity contribution in [1.29, 1.82) is 0 Å². The fraction of sp³-hybridized carbons (Fsp3) is 0.294. The lowest BCUT2D eigenvalue weighted by Crippen LogP contribution is -2.46. The Bertz CT molecular complexity index is 965. The van der Waals surface area contributed by atoms with E-state index < -0.39 is 0 Å². The van der Waals surface area contributed by atoms with Crippen LogP contribution in [0, 0.1) is 0 Å². The summed E-state index contributed by atoms with van der Waals surface area (Å²) in [6.07, 6.45) is 3.52. The molecule has 0 bridgehead atoms. The third kappa shape index (κ3) is 3.33. The molecule has 1 aliphatic rings. The monoisotopic (exact) mass is 371 g/mol. The van der Waals surface area contributed by atoms with E-state index in [1.165, 1.54) is 0 Å². The number of aryl methyl sites for hydroxylation is 1. The average Bonchev–Trinajstić information content (AvgIpc) is 3.07. The van der Waals surface area contributed by atoms with Crippen molar-refractivity contribution in [3.63, 3.8) is 0 Å². The lowest BCUT2D eigenvalue weighted by molar-refractivity contribution is 0.0724. The molecule has 0 saturated carbocycles. The number of hydrogen-bond acceptors (Lipinski definition) is 6. The summed E-state index contributed by atoms with van der Waals surface area (Å²) in [6.45, 7) is 2.83. The van der Waals surface area contributed by atoms with Gasteiger partial charge in [0.15, 0.2) is 0 Å². The molecule has 0 spiro atoms. The Hall–Kier alpha value is -2.71. The van der Waals surface area contributed by atoms with E-state index in [1.54, 1.807) is 29.4 Å². The minimum atomic E-state index is -0.174. The van der Waals surface area contributed by atoms with E-state index in [0.717, 1.165) is 18.5 Å². The lowest BCUT2D eigenvalue weighted by Gasteiger charge is -2.26. The maximum absolute atomic E-state index is 12.8. The molecule has 0 unspecified atom stereocenters. The van der Waals surface area contributed by atoms with Crippen LogP contribution in [-0.4, -0.2) is 56.5 Å². The molecule has 1 amide bonds. The van der Waals surface area contributed by atoms with Crippen molar-refractivity contribution < 1.29 is 4.79 Å². The highest BCUT2D eigenvalue weighted by Crippen LogP contribution is 2.26. The fourth-order valence-corrected chi connectivity index (χ4v) is 3.07. The van der Waals surface area contributed by atoms with E-state index >= 15 is 0 Å². The third-order valence-corrected chi connectivity index (χ3v) is 4.44. The normalized spacial score (nSPS) is 14.6. The number of hydrogen-bond donors (Lipinski definition) is 2. The minimum Gasteiger partial charge on any atom is -0.338 e. The molecule has 0 aliphatic carbocycles. The largest absolute Gasteiger partial charge is 0.338 e. The van der Waals surface area contributed by atoms with Crippen molar-refractivity contribution in [2.24, 2.45) is 7.05 Å². The van der Waals surface area contributed by atoms with E-state index in [2.05, 4.69) is 25.6 Å². The summed E-state index contributed by atoms with van der Waals surface area (Å²) in [7, 11) is 1.88. The number of nitrogens with one attached hydrogen (secondary N) is 2. The van der Waals surface area contributed by atoms with Crippen LogP contribution in [0.1, 0.15) is 10.6 Å². The van der Waals surface area contributed by atoms with Gasteiger partial charge in [-0.3, -0.25) is 4.79 Å². The van der Waals surface area contributed by atoms with Gasteiger partial charge in [0, 0.05) is 49.8 Å². The zero-order valence-electron chi connectivity index (χ0n) is 14.2. The second-order valence-corrected chi connectivity index (χ2v) is 6.59. The molecule has 0 radical (unpaired) electrons. The van der Waals surface area contributed by atoms with Crippen molar-refractivity contribution in [2.75, 3.05) is 31.5 Å². The first-order valence-electron chi connectivity index (χ1n) is 8.32. The molecule has 1 aliphatic heterocycles. The van der Waals surface area contributed by atoms with Gasteiger partial charge in [0.25, 0.3) is 5.91 Å². The van der Waals surface area contributed by atoms with Crippen LogP contribution in [0.3, 0.4) is 0 Å². The van der Waals surface area contributed by atoms with Gasteiger partial charge in [-0.05, 0) is 18.2 Å². The Morgan fingerprint density at radius 2 is 2.08 bits per heavy atom. The molecule has 4 rings (SSSR count). The molecular formula is C17H18ClN7O. The Kier molecular flexibility index (Phi) is 4.44. The van der Waals surface area contributed by atoms with Crippen molar-refractivity contribution in [3.8, 4) is 0 Å². The van der Waals surface area contributed by atoms with Gasteiger partial charge in [0.2, 0.25) is 5.82 Å². The zero-order chi connectivity index (χ0) is 18.1. The van der Waals surface area contributed by atoms with Gasteiger partial charge in [0.1, 0.15) is 11.6 Å². The molecule has 134 valence electrons. The second-order valence-electron chi connectivity index (χ2n) is 6.15. The quantitative estimate of drug-likeness (QED) is 0.730. The summed E-state index contributed by atoms with van der Waals surface area (Å²) < 4.78 is 1.82. The Labute approximate surface area is 155 Å². The fourth-order valence-electron chi connectivity index (χ4n) is 2.90. The highest BCUT2D eigenvalue weighted by atomic mass is 35.5. The molecule has 1 aromatic carbocycles. The number of piperazine rings is 1. The number of benzene rings is 1. The maximum Gasteiger partial charge on any atom is 0.291 e. The molecule has 1 saturated heterocycles. The molecule has 2 aromatic heterocycles. The molecule has 3 heterocycles. The number of carbonyl (C=O) groups is 1. The number of nitrogens with zero attached hydrogens (tertiary/aromatic N) is 5. The van der Waals surface area contributed by atoms with Crippen LogP contribution >= 0.6 is 11.6 Å². The molecule has 1 fully saturated rings. The van der Waals surface area contributed by atoms with Crippen molar-refractivity contribution >= 4 is 40.0 Å². The number of fused-ring (bicyclic) bond motifs is 1. The van der Waals surface area contributed by atoms with Crippen LogP contribution in [-0.2, 0) is 7.05 Å². The van der Waals surface area contributed by atoms with Gasteiger partial charge < -0.3 is 20.1 Å². The van der Waals surface area contributed by atoms with Gasteiger partial charge in [-0.25, -0.2) is 15.0 Å². The molecule has 2 N–H and O–H groups in total. The van der Waals surface area contributed by atoms with Crippen LogP contribution < -0.4 is 10.6 Å². The Morgan fingerprint density at radius 3 is 2.81 bits per heavy atom. The molecule has 8 nitrogen and oxygen atoms in total. The molecule has 0 atom stereocenters. The van der Waals surface area contributed by atoms with Gasteiger partial charge in [-0.15, -0.1) is 0 Å². The van der Waals surface area contributed by atoms with Gasteiger partial charge >= 0.3 is 0 Å². The number of carbonyl (C=O) groups excluding carboxylic acids is 1. The van der Waals surface area contributed by atoms with Crippen LogP contribution in [0.25, 0.3) is 10.9 Å². The highest BCUT2D eigenvalue weighted by molar-refractivity contribution is 6.31. The summed E-state index contributed by atoms with van der Waals surface area (Å²) in [5.41, 5.74) is 0.654. The van der Waals surface area contributed by atoms with Crippen molar-refractivity contribution in [1.82, 2.24) is 29.7 Å². The van der Waals surface area contributed by atoms with Crippen molar-refractivity contribution in [2.45, 2.75) is 0 Å². The average molecular weight is 372 g/mol. The van der Waals surface area contributed by atoms with Gasteiger partial charge in [-0.2, -0.15) is 0 Å². The number of anilines is 2. The molecule has 26 heavy (non-hydrogen) atoms. The number of halogens is 1. The van der Waals surface area contributed by atoms with Crippen molar-refractivity contribution in [3.05, 3.63) is 41.6 Å². The first kappa shape index (κ1) is 16.7. The maximum atomic E-state index is 12.8. The van der Waals surface area contributed by atoms with Crippen LogP contribution in [0.2, 0.25) is 5.02 Å². The van der Waals surface area contributed by atoms with Gasteiger partial charge in [-0.1, -0.05) is 11.6 Å². The molecule has 9 heteroatoms. The lowest BCUT2D eigenvalue weighted by atomic mass is 10.2. The van der Waals surface area contributed by atoms with E-state index in [0.29, 0.717) is 35.3 Å². The topological polar surface area (TPSA) is 88.0 Å². The third-order valence-electron chi connectivity index (χ3n) is 4.20. The summed E-state index contributed by atoms with van der Waals surface area (Å²) in [6, 6.07) is 5.32. The van der Waals surface area contributed by atoms with E-state index in [4.69, 9.17) is 11.6 Å². The van der Waals surface area contributed by atoms with Crippen LogP contribution in [0.4, 0.5) is 11.6 Å².